The average Bonchev–Trinajstić information content (AvgIpc) is 3.05. The van der Waals surface area contributed by atoms with Crippen molar-refractivity contribution in [3.05, 3.63) is 0 Å². The van der Waals surface area contributed by atoms with Gasteiger partial charge in [-0.05, 0) is 25.2 Å². The molecule has 0 aliphatic rings. The van der Waals surface area contributed by atoms with Crippen molar-refractivity contribution in [1.29, 1.82) is 0 Å². The minimum atomic E-state index is -0.756. The first-order valence-electron chi connectivity index (χ1n) is 19.9. The zero-order valence-corrected chi connectivity index (χ0v) is 31.0. The van der Waals surface area contributed by atoms with Gasteiger partial charge in [-0.15, -0.1) is 0 Å². The lowest BCUT2D eigenvalue weighted by molar-refractivity contribution is -0.167. The highest BCUT2D eigenvalue weighted by molar-refractivity contribution is 5.71. The summed E-state index contributed by atoms with van der Waals surface area (Å²) in [7, 11) is 0. The van der Waals surface area contributed by atoms with E-state index in [0.29, 0.717) is 19.3 Å². The van der Waals surface area contributed by atoms with Crippen LogP contribution < -0.4 is 0 Å². The van der Waals surface area contributed by atoms with Gasteiger partial charge in [0, 0.05) is 19.3 Å². The Morgan fingerprint density at radius 3 is 1.13 bits per heavy atom. The Kier molecular flexibility index (Phi) is 33.5. The van der Waals surface area contributed by atoms with Crippen LogP contribution in [-0.2, 0) is 28.6 Å². The summed E-state index contributed by atoms with van der Waals surface area (Å²) in [5, 5.41) is 0. The summed E-state index contributed by atoms with van der Waals surface area (Å²) >= 11 is 0. The molecule has 46 heavy (non-hydrogen) atoms. The summed E-state index contributed by atoms with van der Waals surface area (Å²) in [6.45, 7) is 8.88. The number of rotatable bonds is 35. The van der Waals surface area contributed by atoms with Gasteiger partial charge in [0.15, 0.2) is 6.10 Å². The Morgan fingerprint density at radius 1 is 0.435 bits per heavy atom. The monoisotopic (exact) mass is 653 g/mol. The molecule has 1 unspecified atom stereocenters. The minimum absolute atomic E-state index is 0.0661. The van der Waals surface area contributed by atoms with Crippen LogP contribution in [0.2, 0.25) is 0 Å². The Labute approximate surface area is 285 Å². The van der Waals surface area contributed by atoms with E-state index in [9.17, 15) is 14.4 Å². The van der Waals surface area contributed by atoms with E-state index in [-0.39, 0.29) is 31.1 Å². The second kappa shape index (κ2) is 34.7. The molecule has 0 fully saturated rings. The van der Waals surface area contributed by atoms with E-state index in [4.69, 9.17) is 14.2 Å². The molecule has 0 aliphatic carbocycles. The molecule has 0 radical (unpaired) electrons. The fraction of sp³-hybridized carbons (Fsp3) is 0.925. The van der Waals surface area contributed by atoms with E-state index in [1.165, 1.54) is 103 Å². The van der Waals surface area contributed by atoms with Gasteiger partial charge in [-0.2, -0.15) is 0 Å². The predicted molar refractivity (Wildman–Crippen MR) is 192 cm³/mol. The molecule has 0 rings (SSSR count). The van der Waals surface area contributed by atoms with Crippen LogP contribution >= 0.6 is 0 Å². The highest BCUT2D eigenvalue weighted by atomic mass is 16.6. The van der Waals surface area contributed by atoms with Crippen molar-refractivity contribution in [3.8, 4) is 0 Å². The molecule has 6 nitrogen and oxygen atoms in total. The number of unbranched alkanes of at least 4 members (excludes halogenated alkanes) is 21. The second-order valence-electron chi connectivity index (χ2n) is 13.8. The highest BCUT2D eigenvalue weighted by Crippen LogP contribution is 2.16. The number of ether oxygens (including phenoxy) is 3. The van der Waals surface area contributed by atoms with Gasteiger partial charge in [-0.25, -0.2) is 0 Å². The molecule has 0 aromatic heterocycles. The van der Waals surface area contributed by atoms with E-state index < -0.39 is 6.10 Å². The molecule has 0 N–H and O–H groups in total. The molecule has 0 bridgehead atoms. The number of carbonyl (C=O) groups excluding carboxylic acids is 3. The standard InChI is InChI=1S/C40H76O6/c1-5-8-10-12-13-14-15-16-20-24-28-32-39(42)45-35-37(34-44-38(41)31-27-22-11-9-6-2)46-40(43)33-29-25-21-18-17-19-23-26-30-36(4)7-3/h36-37H,5-35H2,1-4H3/t36?,37-/m1/s1. The number of esters is 3. The molecular formula is C40H76O6. The number of hydrogen-bond acceptors (Lipinski definition) is 6. The molecule has 0 saturated carbocycles. The van der Waals surface area contributed by atoms with Crippen molar-refractivity contribution in [2.45, 2.75) is 220 Å². The maximum atomic E-state index is 12.6. The average molecular weight is 653 g/mol. The second-order valence-corrected chi connectivity index (χ2v) is 13.8. The van der Waals surface area contributed by atoms with Crippen molar-refractivity contribution in [2.24, 2.45) is 5.92 Å². The summed E-state index contributed by atoms with van der Waals surface area (Å²) in [5.41, 5.74) is 0. The fourth-order valence-electron chi connectivity index (χ4n) is 5.71. The summed E-state index contributed by atoms with van der Waals surface area (Å²) in [6.07, 6.45) is 31.1. The zero-order chi connectivity index (χ0) is 33.9. The van der Waals surface area contributed by atoms with E-state index in [1.54, 1.807) is 0 Å². The quantitative estimate of drug-likeness (QED) is 0.0385. The van der Waals surface area contributed by atoms with E-state index in [1.807, 2.05) is 0 Å². The van der Waals surface area contributed by atoms with Gasteiger partial charge in [-0.1, -0.05) is 175 Å². The summed E-state index contributed by atoms with van der Waals surface area (Å²) in [4.78, 5) is 37.2. The van der Waals surface area contributed by atoms with Gasteiger partial charge in [-0.3, -0.25) is 14.4 Å². The zero-order valence-electron chi connectivity index (χ0n) is 31.0. The minimum Gasteiger partial charge on any atom is -0.462 e. The van der Waals surface area contributed by atoms with Crippen molar-refractivity contribution in [2.75, 3.05) is 13.2 Å². The van der Waals surface area contributed by atoms with Crippen LogP contribution in [0.3, 0.4) is 0 Å². The summed E-state index contributed by atoms with van der Waals surface area (Å²) < 4.78 is 16.5. The van der Waals surface area contributed by atoms with Crippen LogP contribution in [0.15, 0.2) is 0 Å². The van der Waals surface area contributed by atoms with Crippen molar-refractivity contribution >= 4 is 17.9 Å². The maximum absolute atomic E-state index is 12.6. The molecule has 0 spiro atoms. The van der Waals surface area contributed by atoms with Crippen LogP contribution in [-0.4, -0.2) is 37.2 Å². The first-order chi connectivity index (χ1) is 22.4. The predicted octanol–water partition coefficient (Wildman–Crippen LogP) is 12.0. The van der Waals surface area contributed by atoms with Gasteiger partial charge in [0.25, 0.3) is 0 Å². The van der Waals surface area contributed by atoms with E-state index in [0.717, 1.165) is 70.1 Å². The maximum Gasteiger partial charge on any atom is 0.306 e. The van der Waals surface area contributed by atoms with E-state index >= 15 is 0 Å². The Morgan fingerprint density at radius 2 is 0.761 bits per heavy atom. The molecule has 0 aliphatic heterocycles. The smallest absolute Gasteiger partial charge is 0.306 e. The highest BCUT2D eigenvalue weighted by Gasteiger charge is 2.19. The summed E-state index contributed by atoms with van der Waals surface area (Å²) in [5.74, 6) is -0.0335. The van der Waals surface area contributed by atoms with Gasteiger partial charge >= 0.3 is 17.9 Å². The Hall–Kier alpha value is -1.59. The molecule has 0 heterocycles. The first kappa shape index (κ1) is 44.4. The Balaban J connectivity index is 4.28. The largest absolute Gasteiger partial charge is 0.462 e. The van der Waals surface area contributed by atoms with Gasteiger partial charge in [0.2, 0.25) is 0 Å². The number of hydrogen-bond donors (Lipinski definition) is 0. The van der Waals surface area contributed by atoms with Gasteiger partial charge < -0.3 is 14.2 Å². The lowest BCUT2D eigenvalue weighted by Crippen LogP contribution is -2.30. The molecule has 0 aromatic rings. The van der Waals surface area contributed by atoms with Crippen LogP contribution in [0.4, 0.5) is 0 Å². The lowest BCUT2D eigenvalue weighted by atomic mass is 9.99. The van der Waals surface area contributed by atoms with Crippen LogP contribution in [0.25, 0.3) is 0 Å². The van der Waals surface area contributed by atoms with Crippen LogP contribution in [0.1, 0.15) is 214 Å². The van der Waals surface area contributed by atoms with Crippen molar-refractivity contribution < 1.29 is 28.6 Å². The third-order valence-electron chi connectivity index (χ3n) is 9.15. The normalized spacial score (nSPS) is 12.5. The van der Waals surface area contributed by atoms with Gasteiger partial charge in [0.05, 0.1) is 0 Å². The Bertz CT molecular complexity index is 693. The lowest BCUT2D eigenvalue weighted by Gasteiger charge is -2.18. The van der Waals surface area contributed by atoms with Crippen LogP contribution in [0, 0.1) is 5.92 Å². The van der Waals surface area contributed by atoms with Crippen LogP contribution in [0.5, 0.6) is 0 Å². The molecule has 0 aromatic carbocycles. The number of carbonyl (C=O) groups is 3. The molecule has 0 amide bonds. The topological polar surface area (TPSA) is 78.9 Å². The first-order valence-corrected chi connectivity index (χ1v) is 19.9. The molecule has 0 saturated heterocycles. The molecule has 272 valence electrons. The van der Waals surface area contributed by atoms with E-state index in [2.05, 4.69) is 27.7 Å². The third-order valence-corrected chi connectivity index (χ3v) is 9.15. The molecule has 2 atom stereocenters. The summed E-state index contributed by atoms with van der Waals surface area (Å²) in [6, 6.07) is 0. The molecule has 6 heteroatoms. The van der Waals surface area contributed by atoms with Gasteiger partial charge in [0.1, 0.15) is 13.2 Å². The SMILES string of the molecule is CCCCCCCCCCCCCC(=O)OC[C@@H](COC(=O)CCCCCCC)OC(=O)CCCCCCCCCCC(C)CC. The fourth-order valence-corrected chi connectivity index (χ4v) is 5.71. The third kappa shape index (κ3) is 32.4. The molecular weight excluding hydrogens is 576 g/mol. The van der Waals surface area contributed by atoms with Crippen molar-refractivity contribution in [3.63, 3.8) is 0 Å². The van der Waals surface area contributed by atoms with Crippen molar-refractivity contribution in [1.82, 2.24) is 0 Å².